The Balaban J connectivity index is 2.09. The molecule has 1 aliphatic rings. The lowest BCUT2D eigenvalue weighted by molar-refractivity contribution is -0.138. The van der Waals surface area contributed by atoms with E-state index < -0.39 is 0 Å². The Hall–Kier alpha value is -0.790. The van der Waals surface area contributed by atoms with Crippen LogP contribution in [0.3, 0.4) is 0 Å². The van der Waals surface area contributed by atoms with E-state index in [2.05, 4.69) is 6.92 Å². The van der Waals surface area contributed by atoms with Crippen LogP contribution in [0.15, 0.2) is 12.2 Å². The van der Waals surface area contributed by atoms with E-state index >= 15 is 0 Å². The van der Waals surface area contributed by atoms with Crippen molar-refractivity contribution in [3.8, 4) is 0 Å². The summed E-state index contributed by atoms with van der Waals surface area (Å²) in [4.78, 5) is 10.6. The van der Waals surface area contributed by atoms with Gasteiger partial charge in [-0.25, -0.2) is 4.79 Å². The van der Waals surface area contributed by atoms with Gasteiger partial charge in [-0.05, 0) is 18.9 Å². The van der Waals surface area contributed by atoms with Gasteiger partial charge in [0.15, 0.2) is 0 Å². The first kappa shape index (κ1) is 8.31. The number of hydrogen-bond donors (Lipinski definition) is 0. The van der Waals surface area contributed by atoms with Crippen molar-refractivity contribution in [2.24, 2.45) is 0 Å². The molecule has 0 N–H and O–H groups in total. The smallest absolute Gasteiger partial charge is 0.331 e. The molecule has 0 amide bonds. The summed E-state index contributed by atoms with van der Waals surface area (Å²) in [6.07, 6.45) is 7.99. The molecule has 2 heteroatoms. The number of unbranched alkanes of at least 4 members (excludes halogenated alkanes) is 2. The highest BCUT2D eigenvalue weighted by atomic mass is 16.5. The van der Waals surface area contributed by atoms with Gasteiger partial charge in [-0.2, -0.15) is 0 Å². The molecule has 1 heterocycles. The molecule has 0 bridgehead atoms. The van der Waals surface area contributed by atoms with Gasteiger partial charge in [0.25, 0.3) is 0 Å². The van der Waals surface area contributed by atoms with Gasteiger partial charge in [-0.1, -0.05) is 19.8 Å². The van der Waals surface area contributed by atoms with Crippen LogP contribution in [0.1, 0.15) is 32.6 Å². The molecule has 62 valence electrons. The largest absolute Gasteiger partial charge is 0.455 e. The normalized spacial score (nSPS) is 22.3. The van der Waals surface area contributed by atoms with Gasteiger partial charge in [0.2, 0.25) is 0 Å². The minimum Gasteiger partial charge on any atom is -0.455 e. The predicted molar refractivity (Wildman–Crippen MR) is 43.2 cm³/mol. The second-order valence-corrected chi connectivity index (χ2v) is 2.83. The van der Waals surface area contributed by atoms with E-state index in [1.807, 2.05) is 6.08 Å². The molecule has 0 radical (unpaired) electrons. The molecular formula is C9H14O2. The molecule has 2 nitrogen and oxygen atoms in total. The van der Waals surface area contributed by atoms with Crippen LogP contribution in [0.2, 0.25) is 0 Å². The minimum absolute atomic E-state index is 0.0639. The molecule has 1 rings (SSSR count). The van der Waals surface area contributed by atoms with Crippen LogP contribution < -0.4 is 0 Å². The van der Waals surface area contributed by atoms with Crippen LogP contribution in [0.25, 0.3) is 0 Å². The highest BCUT2D eigenvalue weighted by Crippen LogP contribution is 2.12. The number of hydrogen-bond acceptors (Lipinski definition) is 2. The van der Waals surface area contributed by atoms with Crippen LogP contribution in [0, 0.1) is 0 Å². The van der Waals surface area contributed by atoms with Gasteiger partial charge in [0.05, 0.1) is 0 Å². The van der Waals surface area contributed by atoms with Gasteiger partial charge >= 0.3 is 5.97 Å². The predicted octanol–water partition coefficient (Wildman–Crippen LogP) is 2.05. The molecule has 0 spiro atoms. The number of esters is 1. The van der Waals surface area contributed by atoms with Crippen LogP contribution in [-0.4, -0.2) is 12.1 Å². The van der Waals surface area contributed by atoms with Gasteiger partial charge in [-0.15, -0.1) is 0 Å². The molecule has 0 saturated heterocycles. The lowest BCUT2D eigenvalue weighted by atomic mass is 10.1. The summed E-state index contributed by atoms with van der Waals surface area (Å²) >= 11 is 0. The van der Waals surface area contributed by atoms with Crippen LogP contribution in [0.4, 0.5) is 0 Å². The van der Waals surface area contributed by atoms with E-state index in [9.17, 15) is 4.79 Å². The fourth-order valence-electron chi connectivity index (χ4n) is 1.16. The molecule has 0 fully saturated rings. The average molecular weight is 154 g/mol. The van der Waals surface area contributed by atoms with E-state index in [0.29, 0.717) is 0 Å². The molecule has 0 aromatic heterocycles. The minimum atomic E-state index is -0.188. The first-order valence-corrected chi connectivity index (χ1v) is 4.21. The second-order valence-electron chi connectivity index (χ2n) is 2.83. The fourth-order valence-corrected chi connectivity index (χ4v) is 1.16. The summed E-state index contributed by atoms with van der Waals surface area (Å²) in [7, 11) is 0. The van der Waals surface area contributed by atoms with E-state index in [1.54, 1.807) is 0 Å². The Labute approximate surface area is 67.2 Å². The molecule has 11 heavy (non-hydrogen) atoms. The molecular weight excluding hydrogens is 140 g/mol. The van der Waals surface area contributed by atoms with Gasteiger partial charge in [-0.3, -0.25) is 0 Å². The third-order valence-electron chi connectivity index (χ3n) is 1.81. The van der Waals surface area contributed by atoms with E-state index in [4.69, 9.17) is 4.74 Å². The van der Waals surface area contributed by atoms with Crippen molar-refractivity contribution in [2.75, 3.05) is 0 Å². The van der Waals surface area contributed by atoms with Crippen molar-refractivity contribution in [1.82, 2.24) is 0 Å². The van der Waals surface area contributed by atoms with Gasteiger partial charge < -0.3 is 4.74 Å². The number of carbonyl (C=O) groups is 1. The Morgan fingerprint density at radius 2 is 2.36 bits per heavy atom. The van der Waals surface area contributed by atoms with Gasteiger partial charge in [0, 0.05) is 6.08 Å². The summed E-state index contributed by atoms with van der Waals surface area (Å²) in [5.41, 5.74) is 0. The second kappa shape index (κ2) is 4.16. The van der Waals surface area contributed by atoms with Crippen molar-refractivity contribution < 1.29 is 9.53 Å². The zero-order valence-electron chi connectivity index (χ0n) is 6.88. The number of ether oxygens (including phenoxy) is 1. The molecule has 0 aromatic rings. The maximum Gasteiger partial charge on any atom is 0.331 e. The summed E-state index contributed by atoms with van der Waals surface area (Å²) < 4.78 is 4.96. The number of cyclic esters (lactones) is 1. The Morgan fingerprint density at radius 1 is 1.55 bits per heavy atom. The highest BCUT2D eigenvalue weighted by molar-refractivity contribution is 5.84. The summed E-state index contributed by atoms with van der Waals surface area (Å²) in [5, 5.41) is 0. The maximum absolute atomic E-state index is 10.6. The molecule has 0 unspecified atom stereocenters. The first-order chi connectivity index (χ1) is 5.33. The topological polar surface area (TPSA) is 26.3 Å². The van der Waals surface area contributed by atoms with Gasteiger partial charge in [0.1, 0.15) is 6.10 Å². The third kappa shape index (κ3) is 2.74. The highest BCUT2D eigenvalue weighted by Gasteiger charge is 2.14. The van der Waals surface area contributed by atoms with Crippen molar-refractivity contribution in [3.63, 3.8) is 0 Å². The van der Waals surface area contributed by atoms with Crippen LogP contribution >= 0.6 is 0 Å². The summed E-state index contributed by atoms with van der Waals surface area (Å²) in [6.45, 7) is 2.16. The van der Waals surface area contributed by atoms with E-state index in [-0.39, 0.29) is 12.1 Å². The van der Waals surface area contributed by atoms with Crippen LogP contribution in [0.5, 0.6) is 0 Å². The summed E-state index contributed by atoms with van der Waals surface area (Å²) in [5.74, 6) is -0.188. The lowest BCUT2D eigenvalue weighted by Gasteiger charge is -2.06. The Kier molecular flexibility index (Phi) is 3.14. The van der Waals surface area contributed by atoms with Crippen LogP contribution in [-0.2, 0) is 9.53 Å². The lowest BCUT2D eigenvalue weighted by Crippen LogP contribution is -2.06. The summed E-state index contributed by atoms with van der Waals surface area (Å²) in [6, 6.07) is 0. The van der Waals surface area contributed by atoms with E-state index in [0.717, 1.165) is 12.8 Å². The van der Waals surface area contributed by atoms with Crippen molar-refractivity contribution >= 4 is 5.97 Å². The fraction of sp³-hybridized carbons (Fsp3) is 0.667. The SMILES string of the molecule is CCCCC[C@H]1C=CC(=O)O1. The average Bonchev–Trinajstić information content (AvgIpc) is 2.37. The molecule has 0 saturated carbocycles. The van der Waals surface area contributed by atoms with Crippen molar-refractivity contribution in [1.29, 1.82) is 0 Å². The van der Waals surface area contributed by atoms with Crippen molar-refractivity contribution in [3.05, 3.63) is 12.2 Å². The third-order valence-corrected chi connectivity index (χ3v) is 1.81. The number of rotatable bonds is 4. The van der Waals surface area contributed by atoms with E-state index in [1.165, 1.54) is 18.9 Å². The Bertz CT molecular complexity index is 161. The maximum atomic E-state index is 10.6. The molecule has 0 aliphatic carbocycles. The Morgan fingerprint density at radius 3 is 2.91 bits per heavy atom. The zero-order chi connectivity index (χ0) is 8.10. The first-order valence-electron chi connectivity index (χ1n) is 4.21. The molecule has 1 aliphatic heterocycles. The standard InChI is InChI=1S/C9H14O2/c1-2-3-4-5-8-6-7-9(10)11-8/h6-8H,2-5H2,1H3/t8-/m0/s1. The van der Waals surface area contributed by atoms with Crippen molar-refractivity contribution in [2.45, 2.75) is 38.7 Å². The molecule has 1 atom stereocenters. The number of carbonyl (C=O) groups excluding carboxylic acids is 1. The molecule has 0 aromatic carbocycles. The quantitative estimate of drug-likeness (QED) is 0.457. The monoisotopic (exact) mass is 154 g/mol. The zero-order valence-corrected chi connectivity index (χ0v) is 6.88.